The third-order valence-electron chi connectivity index (χ3n) is 1.73. The Kier molecular flexibility index (Phi) is 12.3. The van der Waals surface area contributed by atoms with Crippen LogP contribution < -0.4 is 4.87 Å². The molecule has 2 nitrogen and oxygen atoms in total. The first kappa shape index (κ1) is 18.3. The van der Waals surface area contributed by atoms with Crippen LogP contribution in [0.25, 0.3) is 12.2 Å². The van der Waals surface area contributed by atoms with E-state index < -0.39 is 0 Å². The molecule has 0 amide bonds. The summed E-state index contributed by atoms with van der Waals surface area (Å²) in [7, 11) is 1.79. The van der Waals surface area contributed by atoms with Crippen LogP contribution in [0.2, 0.25) is 0 Å². The Bertz CT molecular complexity index is 397. The maximum Gasteiger partial charge on any atom is 0.307 e. The molecule has 0 unspecified atom stereocenters. The van der Waals surface area contributed by atoms with Crippen LogP contribution in [0, 0.1) is 0 Å². The van der Waals surface area contributed by atoms with Gasteiger partial charge in [-0.2, -0.15) is 0 Å². The molecule has 0 atom stereocenters. The van der Waals surface area contributed by atoms with E-state index in [4.69, 9.17) is 0 Å². The van der Waals surface area contributed by atoms with Crippen LogP contribution in [0.5, 0.6) is 0 Å². The quantitative estimate of drug-likeness (QED) is 0.759. The predicted octanol–water partition coefficient (Wildman–Crippen LogP) is 4.57. The van der Waals surface area contributed by atoms with Crippen molar-refractivity contribution in [3.05, 3.63) is 32.4 Å². The van der Waals surface area contributed by atoms with E-state index in [1.165, 1.54) is 11.3 Å². The van der Waals surface area contributed by atoms with Gasteiger partial charge in [-0.25, -0.2) is 0 Å². The molecule has 1 rings (SSSR count). The summed E-state index contributed by atoms with van der Waals surface area (Å²) >= 11 is 1.27. The van der Waals surface area contributed by atoms with Crippen molar-refractivity contribution in [1.82, 2.24) is 4.57 Å². The highest BCUT2D eigenvalue weighted by Crippen LogP contribution is 2.15. The minimum absolute atomic E-state index is 0.0844. The molecular weight excluding hydrogens is 230 g/mol. The fraction of sp³-hybridized carbons (Fsp3) is 0.500. The second-order valence-electron chi connectivity index (χ2n) is 2.68. The lowest BCUT2D eigenvalue weighted by Gasteiger charge is -1.95. The summed E-state index contributed by atoms with van der Waals surface area (Å²) in [5.41, 5.74) is 0.982. The van der Waals surface area contributed by atoms with Gasteiger partial charge >= 0.3 is 4.87 Å². The molecule has 0 radical (unpaired) electrons. The van der Waals surface area contributed by atoms with Crippen LogP contribution >= 0.6 is 11.3 Å². The van der Waals surface area contributed by atoms with Gasteiger partial charge in [0.1, 0.15) is 0 Å². The van der Waals surface area contributed by atoms with Gasteiger partial charge in [0.25, 0.3) is 0 Å². The smallest absolute Gasteiger partial charge is 0.302 e. The molecule has 1 aromatic rings. The molecule has 98 valence electrons. The topological polar surface area (TPSA) is 22.0 Å². The molecule has 0 aliphatic heterocycles. The summed E-state index contributed by atoms with van der Waals surface area (Å²) in [4.78, 5) is 12.4. The summed E-state index contributed by atoms with van der Waals surface area (Å²) in [5.74, 6) is 0. The van der Waals surface area contributed by atoms with E-state index in [1.807, 2.05) is 65.8 Å². The lowest BCUT2D eigenvalue weighted by molar-refractivity contribution is 0.883. The number of hydrogen-bond acceptors (Lipinski definition) is 2. The molecule has 0 saturated carbocycles. The molecule has 17 heavy (non-hydrogen) atoms. The summed E-state index contributed by atoms with van der Waals surface area (Å²) in [6, 6.07) is 0. The molecule has 3 heteroatoms. The Morgan fingerprint density at radius 1 is 1.00 bits per heavy atom. The third-order valence-corrected chi connectivity index (χ3v) is 2.74. The zero-order valence-corrected chi connectivity index (χ0v) is 12.9. The minimum Gasteiger partial charge on any atom is -0.302 e. The van der Waals surface area contributed by atoms with E-state index in [0.29, 0.717) is 0 Å². The second-order valence-corrected chi connectivity index (χ2v) is 3.67. The van der Waals surface area contributed by atoms with Crippen molar-refractivity contribution in [3.63, 3.8) is 0 Å². The van der Waals surface area contributed by atoms with Crippen LogP contribution in [-0.4, -0.2) is 4.57 Å². The summed E-state index contributed by atoms with van der Waals surface area (Å²) in [6.45, 7) is 11.9. The highest BCUT2D eigenvalue weighted by atomic mass is 32.1. The van der Waals surface area contributed by atoms with Gasteiger partial charge in [-0.15, -0.1) is 0 Å². The number of thiazole rings is 1. The van der Waals surface area contributed by atoms with Crippen molar-refractivity contribution in [2.45, 2.75) is 41.5 Å². The number of aromatic nitrogens is 1. The Balaban J connectivity index is 0. The Morgan fingerprint density at radius 2 is 1.47 bits per heavy atom. The maximum atomic E-state index is 11.3. The summed E-state index contributed by atoms with van der Waals surface area (Å²) in [5, 5.41) is 0. The van der Waals surface area contributed by atoms with Gasteiger partial charge in [0.2, 0.25) is 0 Å². The van der Waals surface area contributed by atoms with Crippen molar-refractivity contribution < 1.29 is 0 Å². The molecule has 0 saturated heterocycles. The molecule has 0 aliphatic rings. The maximum absolute atomic E-state index is 11.3. The van der Waals surface area contributed by atoms with Gasteiger partial charge in [0.05, 0.1) is 10.6 Å². The Hall–Kier alpha value is -1.09. The first-order valence-corrected chi connectivity index (χ1v) is 6.97. The van der Waals surface area contributed by atoms with Crippen molar-refractivity contribution in [3.8, 4) is 0 Å². The monoisotopic (exact) mass is 255 g/mol. The molecule has 0 aromatic carbocycles. The van der Waals surface area contributed by atoms with Crippen molar-refractivity contribution in [2.75, 3.05) is 0 Å². The first-order chi connectivity index (χ1) is 8.20. The van der Waals surface area contributed by atoms with Crippen molar-refractivity contribution >= 4 is 23.5 Å². The lowest BCUT2D eigenvalue weighted by Crippen LogP contribution is -2.08. The van der Waals surface area contributed by atoms with E-state index in [-0.39, 0.29) is 4.87 Å². The average molecular weight is 255 g/mol. The number of rotatable bonds is 2. The Morgan fingerprint density at radius 3 is 1.88 bits per heavy atom. The zero-order chi connectivity index (χ0) is 13.8. The lowest BCUT2D eigenvalue weighted by atomic mass is 10.3. The van der Waals surface area contributed by atoms with Gasteiger partial charge in [-0.3, -0.25) is 4.79 Å². The molecular formula is C14H25NOS. The van der Waals surface area contributed by atoms with Gasteiger partial charge in [0, 0.05) is 7.05 Å². The predicted molar refractivity (Wildman–Crippen MR) is 81.7 cm³/mol. The summed E-state index contributed by atoms with van der Waals surface area (Å²) < 4.78 is 1.67. The standard InChI is InChI=1S/C10H13NOS.2C2H6/c1-4-6-8-9(7-5-2)13-10(12)11(8)3;2*1-2/h4-7H,1-3H3;2*1-2H3/b6-4-,7-5-;;. The molecule has 1 heterocycles. The van der Waals surface area contributed by atoms with Crippen LogP contribution in [0.4, 0.5) is 0 Å². The zero-order valence-electron chi connectivity index (χ0n) is 12.1. The highest BCUT2D eigenvalue weighted by Gasteiger charge is 2.05. The normalized spacial score (nSPS) is 9.82. The average Bonchev–Trinajstić information content (AvgIpc) is 2.63. The van der Waals surface area contributed by atoms with Crippen LogP contribution in [0.3, 0.4) is 0 Å². The van der Waals surface area contributed by atoms with Gasteiger partial charge in [0.15, 0.2) is 0 Å². The molecule has 0 N–H and O–H groups in total. The highest BCUT2D eigenvalue weighted by molar-refractivity contribution is 7.10. The summed E-state index contributed by atoms with van der Waals surface area (Å²) in [6.07, 6.45) is 7.79. The molecule has 1 aromatic heterocycles. The van der Waals surface area contributed by atoms with Crippen LogP contribution in [0.15, 0.2) is 16.9 Å². The van der Waals surface area contributed by atoms with Gasteiger partial charge in [-0.1, -0.05) is 51.2 Å². The van der Waals surface area contributed by atoms with Gasteiger partial charge < -0.3 is 4.57 Å². The minimum atomic E-state index is 0.0844. The fourth-order valence-corrected chi connectivity index (χ4v) is 2.04. The van der Waals surface area contributed by atoms with E-state index in [2.05, 4.69) is 0 Å². The van der Waals surface area contributed by atoms with E-state index in [1.54, 1.807) is 11.6 Å². The SMILES string of the molecule is C/C=C\c1sc(=O)n(C)c1/C=C\C.CC.CC. The van der Waals surface area contributed by atoms with E-state index >= 15 is 0 Å². The first-order valence-electron chi connectivity index (χ1n) is 6.16. The number of nitrogens with zero attached hydrogens (tertiary/aromatic N) is 1. The fourth-order valence-electron chi connectivity index (χ4n) is 1.10. The van der Waals surface area contributed by atoms with Crippen LogP contribution in [-0.2, 0) is 7.05 Å². The Labute approximate surface area is 109 Å². The third kappa shape index (κ3) is 5.68. The molecule has 0 fully saturated rings. The van der Waals surface area contributed by atoms with Crippen molar-refractivity contribution in [1.29, 1.82) is 0 Å². The molecule has 0 spiro atoms. The van der Waals surface area contributed by atoms with Gasteiger partial charge in [-0.05, 0) is 26.0 Å². The van der Waals surface area contributed by atoms with E-state index in [9.17, 15) is 4.79 Å². The number of hydrogen-bond donors (Lipinski definition) is 0. The van der Waals surface area contributed by atoms with E-state index in [0.717, 1.165) is 10.6 Å². The van der Waals surface area contributed by atoms with Crippen molar-refractivity contribution in [2.24, 2.45) is 7.05 Å². The molecule has 0 bridgehead atoms. The largest absolute Gasteiger partial charge is 0.307 e. The molecule has 0 aliphatic carbocycles. The van der Waals surface area contributed by atoms with Crippen LogP contribution in [0.1, 0.15) is 52.1 Å². The second kappa shape index (κ2) is 11.4. The number of allylic oxidation sites excluding steroid dienone is 2.